The van der Waals surface area contributed by atoms with Crippen LogP contribution in [0.2, 0.25) is 0 Å². The Morgan fingerprint density at radius 3 is 2.67 bits per heavy atom. The van der Waals surface area contributed by atoms with Gasteiger partial charge < -0.3 is 25.4 Å². The number of carbonyl (C=O) groups excluding carboxylic acids is 4. The largest absolute Gasteiger partial charge is 0.463 e. The van der Waals surface area contributed by atoms with Gasteiger partial charge in [0.25, 0.3) is 5.91 Å². The van der Waals surface area contributed by atoms with Crippen molar-refractivity contribution in [3.63, 3.8) is 0 Å². The van der Waals surface area contributed by atoms with Crippen molar-refractivity contribution in [2.24, 2.45) is 0 Å². The fourth-order valence-corrected chi connectivity index (χ4v) is 2.80. The summed E-state index contributed by atoms with van der Waals surface area (Å²) in [5.74, 6) is -1.72. The van der Waals surface area contributed by atoms with Gasteiger partial charge in [-0.3, -0.25) is 9.59 Å². The number of rotatable bonds is 7. The number of urea groups is 1. The van der Waals surface area contributed by atoms with E-state index < -0.39 is 23.9 Å². The average molecular weight is 487 g/mol. The number of benzene rings is 1. The van der Waals surface area contributed by atoms with Crippen LogP contribution in [0.3, 0.4) is 0 Å². The lowest BCUT2D eigenvalue weighted by atomic mass is 10.2. The van der Waals surface area contributed by atoms with Crippen molar-refractivity contribution in [1.29, 1.82) is 0 Å². The van der Waals surface area contributed by atoms with E-state index in [9.17, 15) is 19.2 Å². The van der Waals surface area contributed by atoms with Crippen LogP contribution in [0, 0.1) is 3.57 Å². The lowest BCUT2D eigenvalue weighted by molar-refractivity contribution is -0.142. The molecule has 3 N–H and O–H groups in total. The summed E-state index contributed by atoms with van der Waals surface area (Å²) < 4.78 is 10.7. The van der Waals surface area contributed by atoms with Crippen LogP contribution in [0.5, 0.6) is 0 Å². The fraction of sp³-hybridized carbons (Fsp3) is 0.294. The van der Waals surface area contributed by atoms with Crippen molar-refractivity contribution in [1.82, 2.24) is 16.0 Å². The minimum absolute atomic E-state index is 0.0271. The molecule has 0 spiro atoms. The van der Waals surface area contributed by atoms with E-state index in [2.05, 4.69) is 16.0 Å². The number of carbonyl (C=O) groups is 4. The van der Waals surface area contributed by atoms with Gasteiger partial charge in [-0.05, 0) is 41.6 Å². The van der Waals surface area contributed by atoms with Crippen LogP contribution in [0.25, 0.3) is 0 Å². The second-order valence-electron chi connectivity index (χ2n) is 5.31. The predicted octanol–water partition coefficient (Wildman–Crippen LogP) is 0.694. The SMILES string of the molecule is CCOC(=O)C1=C(COC(=O)CNC(=O)c2ccccc2I)NC(=O)NC1. The van der Waals surface area contributed by atoms with E-state index >= 15 is 0 Å². The Bertz CT molecular complexity index is 793. The summed E-state index contributed by atoms with van der Waals surface area (Å²) in [6.07, 6.45) is 0. The predicted molar refractivity (Wildman–Crippen MR) is 103 cm³/mol. The van der Waals surface area contributed by atoms with Crippen molar-refractivity contribution >= 4 is 46.5 Å². The average Bonchev–Trinajstić information content (AvgIpc) is 2.65. The number of nitrogens with one attached hydrogen (secondary N) is 3. The summed E-state index contributed by atoms with van der Waals surface area (Å²) >= 11 is 2.02. The number of ether oxygens (including phenoxy) is 2. The van der Waals surface area contributed by atoms with E-state index in [0.29, 0.717) is 5.56 Å². The molecule has 0 aromatic heterocycles. The van der Waals surface area contributed by atoms with Gasteiger partial charge in [0.05, 0.1) is 30.0 Å². The molecule has 1 aromatic rings. The number of hydrogen-bond donors (Lipinski definition) is 3. The van der Waals surface area contributed by atoms with Gasteiger partial charge in [0.15, 0.2) is 0 Å². The van der Waals surface area contributed by atoms with Crippen LogP contribution in [0.1, 0.15) is 17.3 Å². The van der Waals surface area contributed by atoms with Gasteiger partial charge in [-0.1, -0.05) is 12.1 Å². The van der Waals surface area contributed by atoms with Crippen LogP contribution >= 0.6 is 22.6 Å². The number of amides is 3. The van der Waals surface area contributed by atoms with Crippen LogP contribution in [0.15, 0.2) is 35.5 Å². The van der Waals surface area contributed by atoms with Crippen LogP contribution in [-0.4, -0.2) is 50.2 Å². The maximum Gasteiger partial charge on any atom is 0.337 e. The number of halogens is 1. The molecule has 0 bridgehead atoms. The van der Waals surface area contributed by atoms with Crippen molar-refractivity contribution in [2.45, 2.75) is 6.92 Å². The Morgan fingerprint density at radius 1 is 1.22 bits per heavy atom. The Balaban J connectivity index is 1.91. The highest BCUT2D eigenvalue weighted by Crippen LogP contribution is 2.11. The lowest BCUT2D eigenvalue weighted by Crippen LogP contribution is -2.45. The van der Waals surface area contributed by atoms with E-state index in [-0.39, 0.29) is 37.6 Å². The van der Waals surface area contributed by atoms with E-state index in [1.54, 1.807) is 31.2 Å². The summed E-state index contributed by atoms with van der Waals surface area (Å²) in [7, 11) is 0. The Labute approximate surface area is 169 Å². The zero-order chi connectivity index (χ0) is 19.8. The third kappa shape index (κ3) is 5.94. The molecule has 27 heavy (non-hydrogen) atoms. The van der Waals surface area contributed by atoms with Gasteiger partial charge in [0, 0.05) is 3.57 Å². The molecule has 2 rings (SSSR count). The molecule has 1 aliphatic rings. The minimum Gasteiger partial charge on any atom is -0.463 e. The monoisotopic (exact) mass is 487 g/mol. The van der Waals surface area contributed by atoms with E-state index in [0.717, 1.165) is 3.57 Å². The first-order chi connectivity index (χ1) is 12.9. The molecule has 10 heteroatoms. The Morgan fingerprint density at radius 2 is 1.96 bits per heavy atom. The van der Waals surface area contributed by atoms with Gasteiger partial charge >= 0.3 is 18.0 Å². The zero-order valence-electron chi connectivity index (χ0n) is 14.5. The highest BCUT2D eigenvalue weighted by atomic mass is 127. The Hall–Kier alpha value is -2.63. The first kappa shape index (κ1) is 20.7. The fourth-order valence-electron chi connectivity index (χ4n) is 2.17. The highest BCUT2D eigenvalue weighted by molar-refractivity contribution is 14.1. The molecule has 0 saturated heterocycles. The Kier molecular flexibility index (Phi) is 7.58. The highest BCUT2D eigenvalue weighted by Gasteiger charge is 2.24. The normalized spacial score (nSPS) is 13.3. The summed E-state index contributed by atoms with van der Waals surface area (Å²) in [5.41, 5.74) is 0.769. The molecule has 1 heterocycles. The maximum atomic E-state index is 12.1. The molecule has 9 nitrogen and oxygen atoms in total. The van der Waals surface area contributed by atoms with E-state index in [4.69, 9.17) is 9.47 Å². The van der Waals surface area contributed by atoms with Crippen LogP contribution in [-0.2, 0) is 19.1 Å². The van der Waals surface area contributed by atoms with Gasteiger partial charge in [-0.2, -0.15) is 0 Å². The van der Waals surface area contributed by atoms with Crippen molar-refractivity contribution < 1.29 is 28.7 Å². The lowest BCUT2D eigenvalue weighted by Gasteiger charge is -2.21. The van der Waals surface area contributed by atoms with Gasteiger partial charge in [-0.15, -0.1) is 0 Å². The summed E-state index contributed by atoms with van der Waals surface area (Å²) in [4.78, 5) is 47.3. The molecule has 3 amide bonds. The third-order valence-electron chi connectivity index (χ3n) is 3.47. The van der Waals surface area contributed by atoms with Crippen molar-refractivity contribution in [3.05, 3.63) is 44.7 Å². The zero-order valence-corrected chi connectivity index (χ0v) is 16.6. The van der Waals surface area contributed by atoms with Crippen molar-refractivity contribution in [2.75, 3.05) is 26.3 Å². The van der Waals surface area contributed by atoms with Crippen LogP contribution < -0.4 is 16.0 Å². The van der Waals surface area contributed by atoms with Crippen molar-refractivity contribution in [3.8, 4) is 0 Å². The number of esters is 2. The molecule has 1 aliphatic heterocycles. The molecule has 0 radical (unpaired) electrons. The summed E-state index contributed by atoms with van der Waals surface area (Å²) in [6, 6.07) is 6.43. The quantitative estimate of drug-likeness (QED) is 0.385. The van der Waals surface area contributed by atoms with E-state index in [1.807, 2.05) is 22.6 Å². The first-order valence-corrected chi connectivity index (χ1v) is 9.12. The number of hydrogen-bond acceptors (Lipinski definition) is 6. The first-order valence-electron chi connectivity index (χ1n) is 8.04. The molecular formula is C17H18IN3O6. The molecule has 0 fully saturated rings. The minimum atomic E-state index is -0.710. The summed E-state index contributed by atoms with van der Waals surface area (Å²) in [6.45, 7) is 1.13. The standard InChI is InChI=1S/C17H18IN3O6/c1-2-26-16(24)11-7-20-17(25)21-13(11)9-27-14(22)8-19-15(23)10-5-3-4-6-12(10)18/h3-6H,2,7-9H2,1H3,(H,19,23)(H2,20,21,25). The third-order valence-corrected chi connectivity index (χ3v) is 4.41. The van der Waals surface area contributed by atoms with E-state index in [1.165, 1.54) is 0 Å². The molecule has 0 atom stereocenters. The van der Waals surface area contributed by atoms with Gasteiger partial charge in [0.1, 0.15) is 13.2 Å². The molecule has 144 valence electrons. The molecule has 0 unspecified atom stereocenters. The maximum absolute atomic E-state index is 12.1. The molecule has 1 aromatic carbocycles. The topological polar surface area (TPSA) is 123 Å². The second kappa shape index (κ2) is 9.90. The van der Waals surface area contributed by atoms with Crippen LogP contribution in [0.4, 0.5) is 4.79 Å². The molecule has 0 aliphatic carbocycles. The molecular weight excluding hydrogens is 469 g/mol. The molecule has 0 saturated carbocycles. The smallest absolute Gasteiger partial charge is 0.337 e. The van der Waals surface area contributed by atoms with Gasteiger partial charge in [-0.25, -0.2) is 9.59 Å². The summed E-state index contributed by atoms with van der Waals surface area (Å²) in [5, 5.41) is 7.33. The van der Waals surface area contributed by atoms with Gasteiger partial charge in [0.2, 0.25) is 0 Å². The second-order valence-corrected chi connectivity index (χ2v) is 6.47.